The van der Waals surface area contributed by atoms with Crippen LogP contribution in [0.25, 0.3) is 10.9 Å². The Morgan fingerprint density at radius 1 is 1.20 bits per heavy atom. The van der Waals surface area contributed by atoms with E-state index < -0.39 is 32.9 Å². The summed E-state index contributed by atoms with van der Waals surface area (Å²) < 4.78 is 66.7. The summed E-state index contributed by atoms with van der Waals surface area (Å²) in [4.78, 5) is 18.3. The number of hydrogen-bond acceptors (Lipinski definition) is 6. The van der Waals surface area contributed by atoms with Gasteiger partial charge in [-0.3, -0.25) is 9.48 Å². The van der Waals surface area contributed by atoms with E-state index in [4.69, 9.17) is 11.6 Å². The molecule has 1 aliphatic carbocycles. The van der Waals surface area contributed by atoms with Gasteiger partial charge in [-0.05, 0) is 37.5 Å². The maximum atomic E-state index is 12.9. The van der Waals surface area contributed by atoms with Crippen molar-refractivity contribution in [1.82, 2.24) is 19.5 Å². The van der Waals surface area contributed by atoms with Crippen LogP contribution in [0.3, 0.4) is 0 Å². The van der Waals surface area contributed by atoms with E-state index in [1.165, 1.54) is 0 Å². The van der Waals surface area contributed by atoms with Gasteiger partial charge in [0.15, 0.2) is 0 Å². The minimum absolute atomic E-state index is 0.0335. The lowest BCUT2D eigenvalue weighted by atomic mass is 10.0. The van der Waals surface area contributed by atoms with Gasteiger partial charge in [0, 0.05) is 43.2 Å². The molecule has 5 rings (SSSR count). The summed E-state index contributed by atoms with van der Waals surface area (Å²) in [5, 5.41) is 4.86. The molecule has 13 heteroatoms. The standard InChI is InChI=1S/C22H21ClF3N5O3S/c1-30-18-8-12(21(32)29-35(33,34)15-3-4-15)2-5-16(18)19(28-30)13-6-7-31(11-13)20-17(23)9-14(10-27-20)22(24,25)26/h2,5,8-10,13,15H,3-4,6-7,11H2,1H3,(H,29,32). The number of pyridine rings is 1. The second-order valence-electron chi connectivity index (χ2n) is 8.88. The Morgan fingerprint density at radius 2 is 1.94 bits per heavy atom. The molecule has 1 unspecified atom stereocenters. The van der Waals surface area contributed by atoms with Crippen molar-refractivity contribution < 1.29 is 26.4 Å². The fourth-order valence-electron chi connectivity index (χ4n) is 4.37. The normalized spacial score (nSPS) is 18.9. The highest BCUT2D eigenvalue weighted by Gasteiger charge is 2.37. The molecule has 0 radical (unpaired) electrons. The lowest BCUT2D eigenvalue weighted by Crippen LogP contribution is -2.33. The third kappa shape index (κ3) is 4.56. The number of alkyl halides is 3. The van der Waals surface area contributed by atoms with E-state index in [0.29, 0.717) is 43.7 Å². The molecule has 1 amide bonds. The predicted molar refractivity (Wildman–Crippen MR) is 124 cm³/mol. The van der Waals surface area contributed by atoms with Crippen LogP contribution in [0.5, 0.6) is 0 Å². The lowest BCUT2D eigenvalue weighted by molar-refractivity contribution is -0.137. The molecule has 8 nitrogen and oxygen atoms in total. The molecule has 3 aromatic rings. The quantitative estimate of drug-likeness (QED) is 0.541. The zero-order valence-corrected chi connectivity index (χ0v) is 20.1. The molecule has 0 spiro atoms. The number of nitrogens with zero attached hydrogens (tertiary/aromatic N) is 4. The van der Waals surface area contributed by atoms with Gasteiger partial charge in [0.1, 0.15) is 5.82 Å². The SMILES string of the molecule is Cn1nc(C2CCN(c3ncc(C(F)(F)F)cc3Cl)C2)c2ccc(C(=O)NS(=O)(=O)C3CC3)cc21. The van der Waals surface area contributed by atoms with Crippen molar-refractivity contribution in [2.45, 2.75) is 36.6 Å². The Bertz CT molecular complexity index is 1440. The molecule has 186 valence electrons. The number of fused-ring (bicyclic) bond motifs is 1. The van der Waals surface area contributed by atoms with Crippen LogP contribution in [0.15, 0.2) is 30.5 Å². The lowest BCUT2D eigenvalue weighted by Gasteiger charge is -2.19. The molecule has 1 atom stereocenters. The molecule has 2 aliphatic rings. The minimum Gasteiger partial charge on any atom is -0.355 e. The largest absolute Gasteiger partial charge is 0.417 e. The third-order valence-electron chi connectivity index (χ3n) is 6.36. The van der Waals surface area contributed by atoms with E-state index in [0.717, 1.165) is 23.3 Å². The number of benzene rings is 1. The molecule has 2 fully saturated rings. The van der Waals surface area contributed by atoms with Gasteiger partial charge in [0.25, 0.3) is 5.91 Å². The van der Waals surface area contributed by atoms with Crippen LogP contribution in [0, 0.1) is 0 Å². The van der Waals surface area contributed by atoms with E-state index in [9.17, 15) is 26.4 Å². The summed E-state index contributed by atoms with van der Waals surface area (Å²) in [6.45, 7) is 1.01. The molecule has 35 heavy (non-hydrogen) atoms. The number of amides is 1. The van der Waals surface area contributed by atoms with Crippen molar-refractivity contribution in [2.75, 3.05) is 18.0 Å². The van der Waals surface area contributed by atoms with Crippen molar-refractivity contribution >= 4 is 44.3 Å². The molecule has 1 aliphatic heterocycles. The number of carbonyl (C=O) groups excluding carboxylic acids is 1. The van der Waals surface area contributed by atoms with Crippen LogP contribution in [0.2, 0.25) is 5.02 Å². The van der Waals surface area contributed by atoms with Gasteiger partial charge in [-0.1, -0.05) is 17.7 Å². The van der Waals surface area contributed by atoms with Crippen molar-refractivity contribution in [3.63, 3.8) is 0 Å². The highest BCUT2D eigenvalue weighted by atomic mass is 35.5. The number of aryl methyl sites for hydroxylation is 1. The van der Waals surface area contributed by atoms with Crippen molar-refractivity contribution in [2.24, 2.45) is 7.05 Å². The van der Waals surface area contributed by atoms with E-state index in [2.05, 4.69) is 14.8 Å². The van der Waals surface area contributed by atoms with E-state index in [-0.39, 0.29) is 16.5 Å². The molecule has 1 N–H and O–H groups in total. The molecule has 2 aromatic heterocycles. The molecule has 1 saturated heterocycles. The number of anilines is 1. The Morgan fingerprint density at radius 3 is 2.60 bits per heavy atom. The third-order valence-corrected chi connectivity index (χ3v) is 8.46. The first-order valence-electron chi connectivity index (χ1n) is 10.9. The van der Waals surface area contributed by atoms with Crippen LogP contribution in [-0.2, 0) is 23.2 Å². The molecule has 1 aromatic carbocycles. The summed E-state index contributed by atoms with van der Waals surface area (Å²) in [5.74, 6) is -0.427. The summed E-state index contributed by atoms with van der Waals surface area (Å²) >= 11 is 6.12. The Kier molecular flexibility index (Phi) is 5.71. The van der Waals surface area contributed by atoms with Gasteiger partial charge >= 0.3 is 6.18 Å². The Hall–Kier alpha value is -2.86. The van der Waals surface area contributed by atoms with Crippen LogP contribution < -0.4 is 9.62 Å². The number of halogens is 4. The first-order valence-corrected chi connectivity index (χ1v) is 12.9. The van der Waals surface area contributed by atoms with Crippen molar-refractivity contribution in [3.05, 3.63) is 52.3 Å². The smallest absolute Gasteiger partial charge is 0.355 e. The van der Waals surface area contributed by atoms with Gasteiger partial charge in [-0.2, -0.15) is 18.3 Å². The highest BCUT2D eigenvalue weighted by Crippen LogP contribution is 2.38. The van der Waals surface area contributed by atoms with Crippen LogP contribution >= 0.6 is 11.6 Å². The summed E-state index contributed by atoms with van der Waals surface area (Å²) in [6, 6.07) is 5.78. The Labute approximate surface area is 204 Å². The zero-order valence-electron chi connectivity index (χ0n) is 18.5. The first-order chi connectivity index (χ1) is 16.4. The number of rotatable bonds is 5. The molecular weight excluding hydrogens is 507 g/mol. The average Bonchev–Trinajstić information content (AvgIpc) is 3.47. The van der Waals surface area contributed by atoms with Gasteiger partial charge in [-0.25, -0.2) is 18.1 Å². The fraction of sp³-hybridized carbons (Fsp3) is 0.409. The molecular formula is C22H21ClF3N5O3S. The second-order valence-corrected chi connectivity index (χ2v) is 11.2. The van der Waals surface area contributed by atoms with E-state index in [1.54, 1.807) is 29.9 Å². The van der Waals surface area contributed by atoms with Gasteiger partial charge in [-0.15, -0.1) is 0 Å². The highest BCUT2D eigenvalue weighted by molar-refractivity contribution is 7.91. The zero-order chi connectivity index (χ0) is 25.1. The minimum atomic E-state index is -4.52. The number of nitrogens with one attached hydrogen (secondary N) is 1. The van der Waals surface area contributed by atoms with Gasteiger partial charge in [0.05, 0.1) is 27.0 Å². The maximum absolute atomic E-state index is 12.9. The number of hydrogen-bond donors (Lipinski definition) is 1. The predicted octanol–water partition coefficient (Wildman–Crippen LogP) is 3.86. The molecule has 0 bridgehead atoms. The Balaban J connectivity index is 1.37. The number of aromatic nitrogens is 3. The topological polar surface area (TPSA) is 97.2 Å². The van der Waals surface area contributed by atoms with Crippen LogP contribution in [0.1, 0.15) is 46.8 Å². The number of carbonyl (C=O) groups is 1. The maximum Gasteiger partial charge on any atom is 0.417 e. The molecule has 3 heterocycles. The van der Waals surface area contributed by atoms with Crippen molar-refractivity contribution in [1.29, 1.82) is 0 Å². The number of sulfonamides is 1. The van der Waals surface area contributed by atoms with Crippen LogP contribution in [0.4, 0.5) is 19.0 Å². The summed E-state index contributed by atoms with van der Waals surface area (Å²) in [7, 11) is -1.93. The monoisotopic (exact) mass is 527 g/mol. The van der Waals surface area contributed by atoms with E-state index >= 15 is 0 Å². The fourth-order valence-corrected chi connectivity index (χ4v) is 5.96. The summed E-state index contributed by atoms with van der Waals surface area (Å²) in [6.07, 6.45) is -1.95. The van der Waals surface area contributed by atoms with Gasteiger partial charge < -0.3 is 4.90 Å². The average molecular weight is 528 g/mol. The summed E-state index contributed by atoms with van der Waals surface area (Å²) in [5.41, 5.74) is 0.763. The van der Waals surface area contributed by atoms with Crippen molar-refractivity contribution in [3.8, 4) is 0 Å². The van der Waals surface area contributed by atoms with E-state index in [1.807, 2.05) is 4.90 Å². The van der Waals surface area contributed by atoms with Gasteiger partial charge in [0.2, 0.25) is 10.0 Å². The van der Waals surface area contributed by atoms with Crippen LogP contribution in [-0.4, -0.2) is 47.4 Å². The second kappa shape index (κ2) is 8.37. The first kappa shape index (κ1) is 23.9. The molecule has 1 saturated carbocycles.